The predicted octanol–water partition coefficient (Wildman–Crippen LogP) is 3.23. The van der Waals surface area contributed by atoms with E-state index >= 15 is 0 Å². The van der Waals surface area contributed by atoms with Crippen LogP contribution in [0.1, 0.15) is 46.0 Å². The van der Waals surface area contributed by atoms with Crippen molar-refractivity contribution in [3.63, 3.8) is 0 Å². The first-order valence-corrected chi connectivity index (χ1v) is 9.45. The van der Waals surface area contributed by atoms with Crippen LogP contribution in [-0.2, 0) is 4.79 Å². The number of unbranched alkanes of at least 4 members (excludes halogenated alkanes) is 3. The molecule has 0 radical (unpaired) electrons. The standard InChI is InChI=1S/C17H25N5OS/c1-3-4-5-7-10-14(2)18-16(23)13-24-17-19-20-21-22(17)15-11-8-6-9-12-15/h6,8-9,11-12,14H,3-5,7,10,13H2,1-2H3,(H,18,23)/t14-/m1/s1. The molecule has 1 aromatic carbocycles. The van der Waals surface area contributed by atoms with Crippen molar-refractivity contribution in [3.8, 4) is 5.69 Å². The molecule has 0 spiro atoms. The van der Waals surface area contributed by atoms with Crippen LogP contribution in [0, 0.1) is 0 Å². The first-order chi connectivity index (χ1) is 11.7. The molecule has 1 heterocycles. The van der Waals surface area contributed by atoms with Crippen molar-refractivity contribution in [2.45, 2.75) is 57.1 Å². The zero-order valence-corrected chi connectivity index (χ0v) is 15.1. The maximum atomic E-state index is 12.1. The maximum Gasteiger partial charge on any atom is 0.230 e. The average Bonchev–Trinajstić information content (AvgIpc) is 3.06. The monoisotopic (exact) mass is 347 g/mol. The van der Waals surface area contributed by atoms with Crippen LogP contribution in [-0.4, -0.2) is 37.9 Å². The molecule has 0 unspecified atom stereocenters. The second-order valence-electron chi connectivity index (χ2n) is 5.82. The topological polar surface area (TPSA) is 72.7 Å². The van der Waals surface area contributed by atoms with Crippen molar-refractivity contribution >= 4 is 17.7 Å². The lowest BCUT2D eigenvalue weighted by Crippen LogP contribution is -2.33. The van der Waals surface area contributed by atoms with E-state index in [9.17, 15) is 4.79 Å². The summed E-state index contributed by atoms with van der Waals surface area (Å²) in [7, 11) is 0. The summed E-state index contributed by atoms with van der Waals surface area (Å²) in [6.07, 6.45) is 5.91. The van der Waals surface area contributed by atoms with E-state index in [1.807, 2.05) is 30.3 Å². The molecule has 6 nitrogen and oxygen atoms in total. The van der Waals surface area contributed by atoms with Gasteiger partial charge < -0.3 is 5.32 Å². The van der Waals surface area contributed by atoms with E-state index in [2.05, 4.69) is 34.7 Å². The molecule has 1 atom stereocenters. The molecule has 1 aromatic heterocycles. The third-order valence-corrected chi connectivity index (χ3v) is 4.59. The number of nitrogens with zero attached hydrogens (tertiary/aromatic N) is 4. The molecule has 0 aliphatic rings. The van der Waals surface area contributed by atoms with Gasteiger partial charge in [-0.3, -0.25) is 4.79 Å². The summed E-state index contributed by atoms with van der Waals surface area (Å²) in [5, 5.41) is 15.3. The second-order valence-corrected chi connectivity index (χ2v) is 6.76. The van der Waals surface area contributed by atoms with Crippen LogP contribution in [0.5, 0.6) is 0 Å². The average molecular weight is 347 g/mol. The summed E-state index contributed by atoms with van der Waals surface area (Å²) < 4.78 is 1.64. The molecular formula is C17H25N5OS. The van der Waals surface area contributed by atoms with E-state index in [-0.39, 0.29) is 11.9 Å². The minimum atomic E-state index is 0.0191. The Kier molecular flexibility index (Phi) is 7.74. The molecule has 0 aliphatic heterocycles. The normalized spacial score (nSPS) is 12.1. The Balaban J connectivity index is 1.77. The van der Waals surface area contributed by atoms with Crippen molar-refractivity contribution in [3.05, 3.63) is 30.3 Å². The minimum absolute atomic E-state index is 0.0191. The smallest absolute Gasteiger partial charge is 0.230 e. The highest BCUT2D eigenvalue weighted by Crippen LogP contribution is 2.17. The van der Waals surface area contributed by atoms with Gasteiger partial charge in [-0.15, -0.1) is 5.10 Å². The largest absolute Gasteiger partial charge is 0.353 e. The minimum Gasteiger partial charge on any atom is -0.353 e. The van der Waals surface area contributed by atoms with Crippen LogP contribution in [0.3, 0.4) is 0 Å². The maximum absolute atomic E-state index is 12.1. The van der Waals surface area contributed by atoms with Gasteiger partial charge in [0.2, 0.25) is 11.1 Å². The van der Waals surface area contributed by atoms with Gasteiger partial charge in [0.15, 0.2) is 0 Å². The number of hydrogen-bond donors (Lipinski definition) is 1. The number of para-hydroxylation sites is 1. The molecule has 130 valence electrons. The van der Waals surface area contributed by atoms with Crippen LogP contribution in [0.4, 0.5) is 0 Å². The van der Waals surface area contributed by atoms with Crippen molar-refractivity contribution < 1.29 is 4.79 Å². The van der Waals surface area contributed by atoms with Crippen LogP contribution < -0.4 is 5.32 Å². The molecule has 1 amide bonds. The molecule has 2 rings (SSSR count). The fourth-order valence-electron chi connectivity index (χ4n) is 2.40. The van der Waals surface area contributed by atoms with Gasteiger partial charge >= 0.3 is 0 Å². The summed E-state index contributed by atoms with van der Waals surface area (Å²) in [6.45, 7) is 4.26. The number of benzene rings is 1. The molecule has 0 saturated carbocycles. The summed E-state index contributed by atoms with van der Waals surface area (Å²) in [4.78, 5) is 12.1. The van der Waals surface area contributed by atoms with Crippen LogP contribution in [0.2, 0.25) is 0 Å². The Labute approximate surface area is 147 Å². The lowest BCUT2D eigenvalue weighted by atomic mass is 10.1. The van der Waals surface area contributed by atoms with Crippen LogP contribution >= 0.6 is 11.8 Å². The number of carbonyl (C=O) groups is 1. The van der Waals surface area contributed by atoms with Gasteiger partial charge in [-0.25, -0.2) is 0 Å². The van der Waals surface area contributed by atoms with Gasteiger partial charge in [-0.05, 0) is 35.9 Å². The summed E-state index contributed by atoms with van der Waals surface area (Å²) >= 11 is 1.35. The van der Waals surface area contributed by atoms with Gasteiger partial charge in [0.25, 0.3) is 0 Å². The zero-order chi connectivity index (χ0) is 17.2. The predicted molar refractivity (Wildman–Crippen MR) is 96.2 cm³/mol. The lowest BCUT2D eigenvalue weighted by Gasteiger charge is -2.13. The quantitative estimate of drug-likeness (QED) is 0.528. The van der Waals surface area contributed by atoms with Gasteiger partial charge in [0, 0.05) is 6.04 Å². The molecule has 1 N–H and O–H groups in total. The molecule has 7 heteroatoms. The number of tetrazole rings is 1. The number of nitrogens with one attached hydrogen (secondary N) is 1. The van der Waals surface area contributed by atoms with Crippen molar-refractivity contribution in [2.75, 3.05) is 5.75 Å². The first-order valence-electron chi connectivity index (χ1n) is 8.46. The summed E-state index contributed by atoms with van der Waals surface area (Å²) in [6, 6.07) is 9.87. The highest BCUT2D eigenvalue weighted by atomic mass is 32.2. The Bertz CT molecular complexity index is 616. The zero-order valence-electron chi connectivity index (χ0n) is 14.3. The van der Waals surface area contributed by atoms with E-state index in [4.69, 9.17) is 0 Å². The Hall–Kier alpha value is -1.89. The van der Waals surface area contributed by atoms with Gasteiger partial charge in [0.1, 0.15) is 0 Å². The van der Waals surface area contributed by atoms with Gasteiger partial charge in [-0.1, -0.05) is 62.6 Å². The van der Waals surface area contributed by atoms with E-state index in [0.29, 0.717) is 10.9 Å². The van der Waals surface area contributed by atoms with E-state index in [1.54, 1.807) is 4.68 Å². The second kappa shape index (κ2) is 10.1. The summed E-state index contributed by atoms with van der Waals surface area (Å²) in [5.41, 5.74) is 0.884. The lowest BCUT2D eigenvalue weighted by molar-refractivity contribution is -0.119. The summed E-state index contributed by atoms with van der Waals surface area (Å²) in [5.74, 6) is 0.331. The number of aromatic nitrogens is 4. The highest BCUT2D eigenvalue weighted by Gasteiger charge is 2.12. The Morgan fingerprint density at radius 1 is 1.25 bits per heavy atom. The highest BCUT2D eigenvalue weighted by molar-refractivity contribution is 7.99. The molecule has 0 aliphatic carbocycles. The number of amides is 1. The van der Waals surface area contributed by atoms with E-state index in [0.717, 1.165) is 18.5 Å². The SMILES string of the molecule is CCCCCC[C@@H](C)NC(=O)CSc1nnnn1-c1ccccc1. The van der Waals surface area contributed by atoms with Crippen LogP contribution in [0.15, 0.2) is 35.5 Å². The van der Waals surface area contributed by atoms with Crippen molar-refractivity contribution in [1.82, 2.24) is 25.5 Å². The van der Waals surface area contributed by atoms with E-state index < -0.39 is 0 Å². The van der Waals surface area contributed by atoms with Gasteiger partial charge in [-0.2, -0.15) is 4.68 Å². The van der Waals surface area contributed by atoms with Crippen molar-refractivity contribution in [1.29, 1.82) is 0 Å². The third kappa shape index (κ3) is 5.96. The first kappa shape index (κ1) is 18.4. The van der Waals surface area contributed by atoms with Crippen LogP contribution in [0.25, 0.3) is 5.69 Å². The number of hydrogen-bond acceptors (Lipinski definition) is 5. The fraction of sp³-hybridized carbons (Fsp3) is 0.529. The number of rotatable bonds is 10. The fourth-order valence-corrected chi connectivity index (χ4v) is 3.10. The van der Waals surface area contributed by atoms with Gasteiger partial charge in [0.05, 0.1) is 11.4 Å². The Morgan fingerprint density at radius 3 is 2.79 bits per heavy atom. The Morgan fingerprint density at radius 2 is 2.04 bits per heavy atom. The van der Waals surface area contributed by atoms with Crippen molar-refractivity contribution in [2.24, 2.45) is 0 Å². The van der Waals surface area contributed by atoms with E-state index in [1.165, 1.54) is 31.0 Å². The molecule has 0 fully saturated rings. The molecular weight excluding hydrogens is 322 g/mol. The number of thioether (sulfide) groups is 1. The molecule has 0 bridgehead atoms. The molecule has 0 saturated heterocycles. The number of carbonyl (C=O) groups excluding carboxylic acids is 1. The molecule has 2 aromatic rings. The third-order valence-electron chi connectivity index (χ3n) is 3.67. The molecule has 24 heavy (non-hydrogen) atoms.